The number of hydrogen-bond acceptors (Lipinski definition) is 8. The molecule has 4 rings (SSSR count). The number of benzene rings is 2. The third-order valence-corrected chi connectivity index (χ3v) is 4.05. The molecule has 0 saturated heterocycles. The molecule has 9 heteroatoms. The number of nitro benzene ring substituents is 1. The van der Waals surface area contributed by atoms with Crippen molar-refractivity contribution in [3.8, 4) is 22.8 Å². The van der Waals surface area contributed by atoms with Gasteiger partial charge in [0.15, 0.2) is 23.9 Å². The summed E-state index contributed by atoms with van der Waals surface area (Å²) >= 11 is 0. The first kappa shape index (κ1) is 17.5. The Morgan fingerprint density at radius 3 is 2.54 bits per heavy atom. The van der Waals surface area contributed by atoms with Gasteiger partial charge in [-0.15, -0.1) is 0 Å². The third-order valence-electron chi connectivity index (χ3n) is 4.05. The number of carbonyl (C=O) groups is 1. The SMILES string of the molecule is O=C(OCc1cc(-c2ccccc2)no1)c1cc2c(cc1[N+](=O)[O-])OCCO2. The number of aromatic nitrogens is 1. The number of fused-ring (bicyclic) bond motifs is 1. The molecule has 0 atom stereocenters. The maximum atomic E-state index is 12.4. The number of carbonyl (C=O) groups excluding carboxylic acids is 1. The lowest BCUT2D eigenvalue weighted by molar-refractivity contribution is -0.385. The molecule has 1 aliphatic rings. The molecule has 0 radical (unpaired) electrons. The Balaban J connectivity index is 1.51. The van der Waals surface area contributed by atoms with Crippen LogP contribution in [0.25, 0.3) is 11.3 Å². The van der Waals surface area contributed by atoms with Gasteiger partial charge in [0.25, 0.3) is 5.69 Å². The van der Waals surface area contributed by atoms with Gasteiger partial charge in [0.05, 0.1) is 11.0 Å². The number of esters is 1. The number of nitrogens with zero attached hydrogens (tertiary/aromatic N) is 2. The van der Waals surface area contributed by atoms with Crippen molar-refractivity contribution in [1.82, 2.24) is 5.16 Å². The molecular weight excluding hydrogens is 368 g/mol. The highest BCUT2D eigenvalue weighted by Crippen LogP contribution is 2.37. The topological polar surface area (TPSA) is 114 Å². The maximum Gasteiger partial charge on any atom is 0.345 e. The van der Waals surface area contributed by atoms with Crippen molar-refractivity contribution in [2.45, 2.75) is 6.61 Å². The molecule has 142 valence electrons. The van der Waals surface area contributed by atoms with Gasteiger partial charge in [0, 0.05) is 17.7 Å². The first-order valence-corrected chi connectivity index (χ1v) is 8.38. The average Bonchev–Trinajstić information content (AvgIpc) is 3.20. The van der Waals surface area contributed by atoms with Crippen LogP contribution in [0.15, 0.2) is 53.1 Å². The fourth-order valence-corrected chi connectivity index (χ4v) is 2.73. The molecule has 2 aromatic carbocycles. The van der Waals surface area contributed by atoms with Gasteiger partial charge in [-0.1, -0.05) is 35.5 Å². The highest BCUT2D eigenvalue weighted by Gasteiger charge is 2.27. The number of nitro groups is 1. The third kappa shape index (κ3) is 3.50. The summed E-state index contributed by atoms with van der Waals surface area (Å²) in [5.41, 5.74) is 0.803. The van der Waals surface area contributed by atoms with Gasteiger partial charge in [-0.2, -0.15) is 0 Å². The van der Waals surface area contributed by atoms with Crippen molar-refractivity contribution >= 4 is 11.7 Å². The number of ether oxygens (including phenoxy) is 3. The minimum absolute atomic E-state index is 0.218. The standard InChI is InChI=1S/C19H14N2O7/c22-19(14-9-17-18(26-7-6-25-17)10-16(14)21(23)24)27-11-13-8-15(20-28-13)12-4-2-1-3-5-12/h1-5,8-10H,6-7,11H2. The van der Waals surface area contributed by atoms with Crippen LogP contribution in [0.5, 0.6) is 11.5 Å². The fourth-order valence-electron chi connectivity index (χ4n) is 2.73. The van der Waals surface area contributed by atoms with Gasteiger partial charge in [-0.05, 0) is 0 Å². The van der Waals surface area contributed by atoms with Crippen LogP contribution in [0.1, 0.15) is 16.1 Å². The molecule has 28 heavy (non-hydrogen) atoms. The van der Waals surface area contributed by atoms with Gasteiger partial charge in [-0.25, -0.2) is 4.79 Å². The molecule has 0 spiro atoms. The number of rotatable bonds is 5. The molecule has 3 aromatic rings. The zero-order chi connectivity index (χ0) is 19.5. The summed E-state index contributed by atoms with van der Waals surface area (Å²) in [5, 5.41) is 15.2. The Morgan fingerprint density at radius 1 is 1.11 bits per heavy atom. The lowest BCUT2D eigenvalue weighted by Gasteiger charge is -2.18. The fraction of sp³-hybridized carbons (Fsp3) is 0.158. The van der Waals surface area contributed by atoms with Crippen LogP contribution in [0.4, 0.5) is 5.69 Å². The summed E-state index contributed by atoms with van der Waals surface area (Å²) in [6, 6.07) is 13.4. The van der Waals surface area contributed by atoms with Crippen LogP contribution >= 0.6 is 0 Å². The molecule has 1 aliphatic heterocycles. The molecule has 2 heterocycles. The molecule has 0 saturated carbocycles. The molecule has 0 N–H and O–H groups in total. The van der Waals surface area contributed by atoms with E-state index in [0.29, 0.717) is 18.1 Å². The zero-order valence-electron chi connectivity index (χ0n) is 14.5. The number of hydrogen-bond donors (Lipinski definition) is 0. The Kier molecular flexibility index (Phi) is 4.63. The van der Waals surface area contributed by atoms with E-state index < -0.39 is 16.6 Å². The summed E-state index contributed by atoms with van der Waals surface area (Å²) in [5.74, 6) is -0.0826. The molecule has 0 aliphatic carbocycles. The van der Waals surface area contributed by atoms with Crippen molar-refractivity contribution in [2.75, 3.05) is 13.2 Å². The van der Waals surface area contributed by atoms with E-state index in [1.165, 1.54) is 6.07 Å². The van der Waals surface area contributed by atoms with Crippen molar-refractivity contribution in [1.29, 1.82) is 0 Å². The van der Waals surface area contributed by atoms with Crippen LogP contribution in [0.3, 0.4) is 0 Å². The summed E-state index contributed by atoms with van der Waals surface area (Å²) in [7, 11) is 0. The minimum atomic E-state index is -0.874. The van der Waals surface area contributed by atoms with E-state index in [-0.39, 0.29) is 30.3 Å². The Hall–Kier alpha value is -3.88. The predicted molar refractivity (Wildman–Crippen MR) is 95.1 cm³/mol. The van der Waals surface area contributed by atoms with E-state index in [9.17, 15) is 14.9 Å². The van der Waals surface area contributed by atoms with Crippen molar-refractivity contribution in [2.24, 2.45) is 0 Å². The van der Waals surface area contributed by atoms with E-state index in [1.54, 1.807) is 6.07 Å². The van der Waals surface area contributed by atoms with Crippen LogP contribution < -0.4 is 9.47 Å². The van der Waals surface area contributed by atoms with E-state index in [0.717, 1.165) is 11.6 Å². The van der Waals surface area contributed by atoms with E-state index in [4.69, 9.17) is 18.7 Å². The van der Waals surface area contributed by atoms with Crippen molar-refractivity contribution in [3.05, 3.63) is 70.0 Å². The van der Waals surface area contributed by atoms with Gasteiger partial charge < -0.3 is 18.7 Å². The van der Waals surface area contributed by atoms with E-state index in [1.807, 2.05) is 30.3 Å². The van der Waals surface area contributed by atoms with E-state index in [2.05, 4.69) is 5.16 Å². The average molecular weight is 382 g/mol. The Labute approximate surface area is 158 Å². The van der Waals surface area contributed by atoms with Gasteiger partial charge in [0.1, 0.15) is 24.5 Å². The van der Waals surface area contributed by atoms with Crippen molar-refractivity contribution in [3.63, 3.8) is 0 Å². The molecule has 0 unspecified atom stereocenters. The predicted octanol–water partition coefficient (Wildman–Crippen LogP) is 3.38. The summed E-state index contributed by atoms with van der Waals surface area (Å²) in [4.78, 5) is 23.1. The Bertz CT molecular complexity index is 1030. The zero-order valence-corrected chi connectivity index (χ0v) is 14.5. The normalized spacial score (nSPS) is 12.4. The smallest absolute Gasteiger partial charge is 0.345 e. The molecular formula is C19H14N2O7. The van der Waals surface area contributed by atoms with Gasteiger partial charge >= 0.3 is 5.97 Å². The molecule has 1 aromatic heterocycles. The summed E-state index contributed by atoms with van der Waals surface area (Å²) in [6.45, 7) is 0.354. The molecule has 0 amide bonds. The lowest BCUT2D eigenvalue weighted by Crippen LogP contribution is -2.17. The summed E-state index contributed by atoms with van der Waals surface area (Å²) < 4.78 is 21.0. The van der Waals surface area contributed by atoms with Gasteiger partial charge in [0.2, 0.25) is 0 Å². The van der Waals surface area contributed by atoms with Crippen LogP contribution in [0, 0.1) is 10.1 Å². The second kappa shape index (κ2) is 7.39. The van der Waals surface area contributed by atoms with Crippen LogP contribution in [0.2, 0.25) is 0 Å². The second-order valence-electron chi connectivity index (χ2n) is 5.89. The highest BCUT2D eigenvalue weighted by molar-refractivity contribution is 5.95. The first-order valence-electron chi connectivity index (χ1n) is 8.38. The maximum absolute atomic E-state index is 12.4. The molecule has 0 bridgehead atoms. The first-order chi connectivity index (χ1) is 13.6. The largest absolute Gasteiger partial charge is 0.486 e. The minimum Gasteiger partial charge on any atom is -0.486 e. The van der Waals surface area contributed by atoms with Crippen LogP contribution in [-0.2, 0) is 11.3 Å². The molecule has 9 nitrogen and oxygen atoms in total. The van der Waals surface area contributed by atoms with Crippen LogP contribution in [-0.4, -0.2) is 29.3 Å². The monoisotopic (exact) mass is 382 g/mol. The highest BCUT2D eigenvalue weighted by atomic mass is 16.6. The van der Waals surface area contributed by atoms with Gasteiger partial charge in [-0.3, -0.25) is 10.1 Å². The Morgan fingerprint density at radius 2 is 1.82 bits per heavy atom. The van der Waals surface area contributed by atoms with E-state index >= 15 is 0 Å². The molecule has 0 fully saturated rings. The van der Waals surface area contributed by atoms with Crippen molar-refractivity contribution < 1.29 is 28.5 Å². The second-order valence-corrected chi connectivity index (χ2v) is 5.89. The quantitative estimate of drug-likeness (QED) is 0.375. The summed E-state index contributed by atoms with van der Waals surface area (Å²) in [6.07, 6.45) is 0. The lowest BCUT2D eigenvalue weighted by atomic mass is 10.1.